The first kappa shape index (κ1) is 15.1. The Hall–Kier alpha value is -1.30. The summed E-state index contributed by atoms with van der Waals surface area (Å²) in [5, 5.41) is 3.32. The van der Waals surface area contributed by atoms with Gasteiger partial charge < -0.3 is 15.8 Å². The molecule has 0 aromatic heterocycles. The molecule has 6 heteroatoms. The number of hydrogen-bond donors (Lipinski definition) is 2. The SMILES string of the molecule is CC1(C)COCCN1CC(=O)Nc1ccc(Cl)c(N)c1. The van der Waals surface area contributed by atoms with E-state index in [4.69, 9.17) is 22.1 Å². The summed E-state index contributed by atoms with van der Waals surface area (Å²) in [6.45, 7) is 6.51. The Morgan fingerprint density at radius 3 is 2.95 bits per heavy atom. The van der Waals surface area contributed by atoms with Crippen molar-refractivity contribution in [2.45, 2.75) is 19.4 Å². The van der Waals surface area contributed by atoms with Crippen molar-refractivity contribution in [3.63, 3.8) is 0 Å². The van der Waals surface area contributed by atoms with Gasteiger partial charge in [-0.15, -0.1) is 0 Å². The van der Waals surface area contributed by atoms with E-state index in [0.717, 1.165) is 6.54 Å². The van der Waals surface area contributed by atoms with Crippen LogP contribution in [0.3, 0.4) is 0 Å². The summed E-state index contributed by atoms with van der Waals surface area (Å²) in [5.74, 6) is -0.0679. The normalized spacial score (nSPS) is 18.8. The van der Waals surface area contributed by atoms with Gasteiger partial charge in [0.2, 0.25) is 5.91 Å². The number of morpholine rings is 1. The van der Waals surface area contributed by atoms with E-state index in [1.165, 1.54) is 0 Å². The largest absolute Gasteiger partial charge is 0.397 e. The highest BCUT2D eigenvalue weighted by Gasteiger charge is 2.31. The van der Waals surface area contributed by atoms with Crippen LogP contribution >= 0.6 is 11.6 Å². The van der Waals surface area contributed by atoms with Gasteiger partial charge in [-0.1, -0.05) is 11.6 Å². The van der Waals surface area contributed by atoms with Crippen LogP contribution in [0.4, 0.5) is 11.4 Å². The number of halogens is 1. The van der Waals surface area contributed by atoms with Gasteiger partial charge in [-0.2, -0.15) is 0 Å². The first-order chi connectivity index (χ1) is 9.38. The standard InChI is InChI=1S/C14H20ClN3O2/c1-14(2)9-20-6-5-18(14)8-13(19)17-10-3-4-11(15)12(16)7-10/h3-4,7H,5-6,8-9,16H2,1-2H3,(H,17,19). The number of rotatable bonds is 3. The molecule has 0 atom stereocenters. The van der Waals surface area contributed by atoms with Crippen LogP contribution in [0.5, 0.6) is 0 Å². The van der Waals surface area contributed by atoms with Gasteiger partial charge in [0, 0.05) is 17.8 Å². The highest BCUT2D eigenvalue weighted by Crippen LogP contribution is 2.23. The first-order valence-electron chi connectivity index (χ1n) is 6.56. The maximum absolute atomic E-state index is 12.1. The smallest absolute Gasteiger partial charge is 0.238 e. The van der Waals surface area contributed by atoms with E-state index in [1.54, 1.807) is 18.2 Å². The molecule has 0 bridgehead atoms. The van der Waals surface area contributed by atoms with Crippen LogP contribution in [0.25, 0.3) is 0 Å². The van der Waals surface area contributed by atoms with E-state index in [2.05, 4.69) is 24.1 Å². The number of nitrogen functional groups attached to an aromatic ring is 1. The van der Waals surface area contributed by atoms with Crippen LogP contribution in [0.1, 0.15) is 13.8 Å². The lowest BCUT2D eigenvalue weighted by Gasteiger charge is -2.41. The number of carbonyl (C=O) groups is 1. The van der Waals surface area contributed by atoms with E-state index in [0.29, 0.717) is 36.2 Å². The summed E-state index contributed by atoms with van der Waals surface area (Å²) in [7, 11) is 0. The Bertz CT molecular complexity index is 505. The molecule has 1 aliphatic rings. The minimum atomic E-state index is -0.130. The predicted molar refractivity (Wildman–Crippen MR) is 81.0 cm³/mol. The Morgan fingerprint density at radius 2 is 2.30 bits per heavy atom. The third-order valence-electron chi connectivity index (χ3n) is 3.43. The van der Waals surface area contributed by atoms with E-state index in [9.17, 15) is 4.79 Å². The van der Waals surface area contributed by atoms with E-state index < -0.39 is 0 Å². The molecule has 1 heterocycles. The Kier molecular flexibility index (Phi) is 4.52. The van der Waals surface area contributed by atoms with Crippen LogP contribution < -0.4 is 11.1 Å². The summed E-state index contributed by atoms with van der Waals surface area (Å²) in [6.07, 6.45) is 0. The second-order valence-electron chi connectivity index (χ2n) is 5.57. The van der Waals surface area contributed by atoms with Crippen molar-refractivity contribution in [1.29, 1.82) is 0 Å². The Balaban J connectivity index is 1.96. The van der Waals surface area contributed by atoms with E-state index in [-0.39, 0.29) is 11.4 Å². The second kappa shape index (κ2) is 5.99. The highest BCUT2D eigenvalue weighted by atomic mass is 35.5. The van der Waals surface area contributed by atoms with Crippen LogP contribution in [0.15, 0.2) is 18.2 Å². The Morgan fingerprint density at radius 1 is 1.55 bits per heavy atom. The first-order valence-corrected chi connectivity index (χ1v) is 6.94. The molecule has 110 valence electrons. The molecule has 0 unspecified atom stereocenters. The molecule has 1 saturated heterocycles. The summed E-state index contributed by atoms with van der Waals surface area (Å²) >= 11 is 5.85. The van der Waals surface area contributed by atoms with Crippen molar-refractivity contribution in [3.8, 4) is 0 Å². The zero-order chi connectivity index (χ0) is 14.8. The number of ether oxygens (including phenoxy) is 1. The van der Waals surface area contributed by atoms with Crippen LogP contribution in [-0.4, -0.2) is 42.6 Å². The lowest BCUT2D eigenvalue weighted by Crippen LogP contribution is -2.55. The number of nitrogens with zero attached hydrogens (tertiary/aromatic N) is 1. The average molecular weight is 298 g/mol. The van der Waals surface area contributed by atoms with Crippen LogP contribution in [-0.2, 0) is 9.53 Å². The van der Waals surface area contributed by atoms with Crippen molar-refractivity contribution < 1.29 is 9.53 Å². The molecule has 0 radical (unpaired) electrons. The van der Waals surface area contributed by atoms with Gasteiger partial charge in [0.1, 0.15) is 0 Å². The van der Waals surface area contributed by atoms with Crippen molar-refractivity contribution >= 4 is 28.9 Å². The second-order valence-corrected chi connectivity index (χ2v) is 5.98. The monoisotopic (exact) mass is 297 g/mol. The van der Waals surface area contributed by atoms with Gasteiger partial charge in [0.05, 0.1) is 30.5 Å². The molecular formula is C14H20ClN3O2. The van der Waals surface area contributed by atoms with Crippen molar-refractivity contribution in [2.24, 2.45) is 0 Å². The molecule has 1 fully saturated rings. The summed E-state index contributed by atoms with van der Waals surface area (Å²) in [4.78, 5) is 14.2. The summed E-state index contributed by atoms with van der Waals surface area (Å²) in [6, 6.07) is 5.07. The van der Waals surface area contributed by atoms with Gasteiger partial charge in [-0.25, -0.2) is 0 Å². The molecule has 3 N–H and O–H groups in total. The van der Waals surface area contributed by atoms with E-state index in [1.807, 2.05) is 0 Å². The van der Waals surface area contributed by atoms with Gasteiger partial charge in [-0.3, -0.25) is 9.69 Å². The fourth-order valence-electron chi connectivity index (χ4n) is 2.18. The quantitative estimate of drug-likeness (QED) is 0.837. The maximum atomic E-state index is 12.1. The summed E-state index contributed by atoms with van der Waals surface area (Å²) in [5.41, 5.74) is 6.69. The Labute approximate surface area is 124 Å². The molecule has 1 aliphatic heterocycles. The van der Waals surface area contributed by atoms with Gasteiger partial charge in [0.25, 0.3) is 0 Å². The molecule has 1 aromatic rings. The number of amides is 1. The zero-order valence-corrected chi connectivity index (χ0v) is 12.5. The number of nitrogens with two attached hydrogens (primary N) is 1. The topological polar surface area (TPSA) is 67.6 Å². The molecular weight excluding hydrogens is 278 g/mol. The minimum Gasteiger partial charge on any atom is -0.397 e. The molecule has 0 aliphatic carbocycles. The van der Waals surface area contributed by atoms with E-state index >= 15 is 0 Å². The fraction of sp³-hybridized carbons (Fsp3) is 0.500. The molecule has 0 saturated carbocycles. The minimum absolute atomic E-state index is 0.0679. The summed E-state index contributed by atoms with van der Waals surface area (Å²) < 4.78 is 5.44. The number of hydrogen-bond acceptors (Lipinski definition) is 4. The number of benzene rings is 1. The van der Waals surface area contributed by atoms with Gasteiger partial charge >= 0.3 is 0 Å². The molecule has 5 nitrogen and oxygen atoms in total. The lowest BCUT2D eigenvalue weighted by atomic mass is 10.0. The third-order valence-corrected chi connectivity index (χ3v) is 3.78. The van der Waals surface area contributed by atoms with Crippen molar-refractivity contribution in [1.82, 2.24) is 4.90 Å². The molecule has 2 rings (SSSR count). The fourth-order valence-corrected chi connectivity index (χ4v) is 2.30. The molecule has 1 aromatic carbocycles. The maximum Gasteiger partial charge on any atom is 0.238 e. The highest BCUT2D eigenvalue weighted by molar-refractivity contribution is 6.33. The number of carbonyl (C=O) groups excluding carboxylic acids is 1. The molecule has 20 heavy (non-hydrogen) atoms. The predicted octanol–water partition coefficient (Wildman–Crippen LogP) is 1.97. The lowest BCUT2D eigenvalue weighted by molar-refractivity contribution is -0.122. The number of anilines is 2. The zero-order valence-electron chi connectivity index (χ0n) is 11.8. The molecule has 1 amide bonds. The number of nitrogens with one attached hydrogen (secondary N) is 1. The average Bonchev–Trinajstić information content (AvgIpc) is 2.36. The molecule has 0 spiro atoms. The van der Waals surface area contributed by atoms with Crippen LogP contribution in [0, 0.1) is 0 Å². The van der Waals surface area contributed by atoms with Crippen molar-refractivity contribution in [3.05, 3.63) is 23.2 Å². The van der Waals surface area contributed by atoms with Gasteiger partial charge in [0.15, 0.2) is 0 Å². The van der Waals surface area contributed by atoms with Crippen molar-refractivity contribution in [2.75, 3.05) is 37.4 Å². The third kappa shape index (κ3) is 3.62. The van der Waals surface area contributed by atoms with Crippen LogP contribution in [0.2, 0.25) is 5.02 Å². The van der Waals surface area contributed by atoms with Gasteiger partial charge in [-0.05, 0) is 32.0 Å².